The monoisotopic (exact) mass is 346 g/mol. The SMILES string of the molecule is CCn1c(SC(F)C(=O)Nc2ccccc2)nnc1-c1ccoc1. The first-order chi connectivity index (χ1) is 11.7. The first kappa shape index (κ1) is 16.3. The average molecular weight is 346 g/mol. The van der Waals surface area contributed by atoms with Gasteiger partial charge in [0.15, 0.2) is 11.0 Å². The maximum absolute atomic E-state index is 14.3. The van der Waals surface area contributed by atoms with E-state index in [0.29, 0.717) is 23.2 Å². The highest BCUT2D eigenvalue weighted by Gasteiger charge is 2.23. The Bertz CT molecular complexity index is 805. The number of carbonyl (C=O) groups is 1. The highest BCUT2D eigenvalue weighted by Crippen LogP contribution is 2.28. The van der Waals surface area contributed by atoms with Crippen LogP contribution in [0.25, 0.3) is 11.4 Å². The molecule has 0 saturated heterocycles. The molecule has 0 aliphatic heterocycles. The molecule has 6 nitrogen and oxygen atoms in total. The van der Waals surface area contributed by atoms with Gasteiger partial charge >= 0.3 is 0 Å². The number of nitrogens with one attached hydrogen (secondary N) is 1. The van der Waals surface area contributed by atoms with Crippen LogP contribution in [0, 0.1) is 0 Å². The second-order valence-electron chi connectivity index (χ2n) is 4.85. The maximum Gasteiger partial charge on any atom is 0.269 e. The number of hydrogen-bond donors (Lipinski definition) is 1. The summed E-state index contributed by atoms with van der Waals surface area (Å²) in [5.74, 6) is -0.161. The van der Waals surface area contributed by atoms with Crippen LogP contribution in [0.2, 0.25) is 0 Å². The lowest BCUT2D eigenvalue weighted by Gasteiger charge is -2.10. The zero-order chi connectivity index (χ0) is 16.9. The van der Waals surface area contributed by atoms with E-state index in [-0.39, 0.29) is 0 Å². The van der Waals surface area contributed by atoms with Crippen LogP contribution < -0.4 is 5.32 Å². The molecule has 0 bridgehead atoms. The number of rotatable bonds is 6. The molecule has 1 unspecified atom stereocenters. The summed E-state index contributed by atoms with van der Waals surface area (Å²) in [4.78, 5) is 12.0. The Balaban J connectivity index is 1.72. The summed E-state index contributed by atoms with van der Waals surface area (Å²) < 4.78 is 21.1. The van der Waals surface area contributed by atoms with Crippen LogP contribution in [-0.2, 0) is 11.3 Å². The number of carbonyl (C=O) groups excluding carboxylic acids is 1. The van der Waals surface area contributed by atoms with Gasteiger partial charge in [0, 0.05) is 12.2 Å². The number of para-hydroxylation sites is 1. The standard InChI is InChI=1S/C16H15FN4O2S/c1-2-21-14(11-8-9-23-10-11)19-20-16(21)24-13(17)15(22)18-12-6-4-3-5-7-12/h3-10,13H,2H2,1H3,(H,18,22). The van der Waals surface area contributed by atoms with Crippen LogP contribution in [0.4, 0.5) is 10.1 Å². The predicted octanol–water partition coefficient (Wildman–Crippen LogP) is 3.58. The number of thioether (sulfide) groups is 1. The molecule has 0 fully saturated rings. The number of alkyl halides is 1. The fourth-order valence-corrected chi connectivity index (χ4v) is 2.91. The van der Waals surface area contributed by atoms with Gasteiger partial charge in [-0.25, -0.2) is 4.39 Å². The topological polar surface area (TPSA) is 73.0 Å². The fraction of sp³-hybridized carbons (Fsp3) is 0.188. The van der Waals surface area contributed by atoms with Crippen molar-refractivity contribution in [3.63, 3.8) is 0 Å². The minimum absolute atomic E-state index is 0.337. The first-order valence-corrected chi connectivity index (χ1v) is 8.19. The molecule has 0 radical (unpaired) electrons. The molecule has 124 valence electrons. The molecule has 24 heavy (non-hydrogen) atoms. The van der Waals surface area contributed by atoms with Crippen LogP contribution in [0.1, 0.15) is 6.92 Å². The third-order valence-corrected chi connectivity index (χ3v) is 4.20. The normalized spacial score (nSPS) is 12.1. The van der Waals surface area contributed by atoms with E-state index < -0.39 is 11.4 Å². The summed E-state index contributed by atoms with van der Waals surface area (Å²) in [5, 5.41) is 10.9. The number of hydrogen-bond acceptors (Lipinski definition) is 5. The van der Waals surface area contributed by atoms with E-state index in [1.807, 2.05) is 13.0 Å². The lowest BCUT2D eigenvalue weighted by molar-refractivity contribution is -0.118. The van der Waals surface area contributed by atoms with Crippen molar-refractivity contribution in [2.45, 2.75) is 24.1 Å². The molecule has 1 aromatic carbocycles. The van der Waals surface area contributed by atoms with Crippen molar-refractivity contribution in [3.8, 4) is 11.4 Å². The van der Waals surface area contributed by atoms with Crippen molar-refractivity contribution in [1.29, 1.82) is 0 Å². The first-order valence-electron chi connectivity index (χ1n) is 7.31. The maximum atomic E-state index is 14.3. The van der Waals surface area contributed by atoms with E-state index in [0.717, 1.165) is 17.3 Å². The molecular weight excluding hydrogens is 331 g/mol. The molecule has 1 amide bonds. The quantitative estimate of drug-likeness (QED) is 0.691. The average Bonchev–Trinajstić information content (AvgIpc) is 3.24. The molecule has 0 spiro atoms. The lowest BCUT2D eigenvalue weighted by atomic mass is 10.3. The van der Waals surface area contributed by atoms with Crippen molar-refractivity contribution < 1.29 is 13.6 Å². The predicted molar refractivity (Wildman–Crippen MR) is 89.2 cm³/mol. The Morgan fingerprint density at radius 1 is 1.33 bits per heavy atom. The van der Waals surface area contributed by atoms with Gasteiger partial charge in [-0.05, 0) is 36.9 Å². The molecule has 1 N–H and O–H groups in total. The second-order valence-corrected chi connectivity index (χ2v) is 5.87. The highest BCUT2D eigenvalue weighted by molar-refractivity contribution is 8.00. The molecule has 3 rings (SSSR count). The van der Waals surface area contributed by atoms with Gasteiger partial charge in [-0.15, -0.1) is 10.2 Å². The van der Waals surface area contributed by atoms with Crippen molar-refractivity contribution in [3.05, 3.63) is 48.9 Å². The van der Waals surface area contributed by atoms with Gasteiger partial charge < -0.3 is 14.3 Å². The van der Waals surface area contributed by atoms with E-state index in [1.54, 1.807) is 41.2 Å². The van der Waals surface area contributed by atoms with Crippen LogP contribution >= 0.6 is 11.8 Å². The van der Waals surface area contributed by atoms with Crippen LogP contribution in [-0.4, -0.2) is 26.2 Å². The van der Waals surface area contributed by atoms with Crippen LogP contribution in [0.15, 0.2) is 58.5 Å². The van der Waals surface area contributed by atoms with Gasteiger partial charge in [0.05, 0.1) is 11.8 Å². The van der Waals surface area contributed by atoms with E-state index in [4.69, 9.17) is 4.42 Å². The van der Waals surface area contributed by atoms with Crippen LogP contribution in [0.3, 0.4) is 0 Å². The Labute approximate surface area is 142 Å². The molecule has 2 aromatic heterocycles. The zero-order valence-corrected chi connectivity index (χ0v) is 13.7. The largest absolute Gasteiger partial charge is 0.472 e. The molecule has 0 aliphatic rings. The minimum atomic E-state index is -1.79. The summed E-state index contributed by atoms with van der Waals surface area (Å²) in [6.45, 7) is 2.44. The number of amides is 1. The van der Waals surface area contributed by atoms with Crippen molar-refractivity contribution in [2.75, 3.05) is 5.32 Å². The van der Waals surface area contributed by atoms with Gasteiger partial charge in [0.25, 0.3) is 5.91 Å². The summed E-state index contributed by atoms with van der Waals surface area (Å²) in [6, 6.07) is 10.5. The van der Waals surface area contributed by atoms with Crippen molar-refractivity contribution >= 4 is 23.4 Å². The number of benzene rings is 1. The fourth-order valence-electron chi connectivity index (χ4n) is 2.13. The molecule has 0 aliphatic carbocycles. The molecule has 8 heteroatoms. The Kier molecular flexibility index (Phi) is 4.95. The van der Waals surface area contributed by atoms with Gasteiger partial charge in [0.1, 0.15) is 6.26 Å². The van der Waals surface area contributed by atoms with E-state index in [2.05, 4.69) is 15.5 Å². The van der Waals surface area contributed by atoms with Crippen LogP contribution in [0.5, 0.6) is 0 Å². The summed E-state index contributed by atoms with van der Waals surface area (Å²) in [5.41, 5.74) is -0.501. The molecule has 3 aromatic rings. The number of furan rings is 1. The zero-order valence-electron chi connectivity index (χ0n) is 12.8. The summed E-state index contributed by atoms with van der Waals surface area (Å²) >= 11 is 0.720. The lowest BCUT2D eigenvalue weighted by Crippen LogP contribution is -2.21. The Morgan fingerprint density at radius 2 is 2.12 bits per heavy atom. The van der Waals surface area contributed by atoms with E-state index >= 15 is 0 Å². The summed E-state index contributed by atoms with van der Waals surface area (Å²) in [7, 11) is 0. The van der Waals surface area contributed by atoms with E-state index in [9.17, 15) is 9.18 Å². The molecule has 2 heterocycles. The van der Waals surface area contributed by atoms with Crippen molar-refractivity contribution in [1.82, 2.24) is 14.8 Å². The Morgan fingerprint density at radius 3 is 2.79 bits per heavy atom. The third kappa shape index (κ3) is 3.48. The second kappa shape index (κ2) is 7.31. The molecular formula is C16H15FN4O2S. The van der Waals surface area contributed by atoms with Gasteiger partial charge in [-0.1, -0.05) is 18.2 Å². The van der Waals surface area contributed by atoms with Crippen molar-refractivity contribution in [2.24, 2.45) is 0 Å². The molecule has 1 atom stereocenters. The van der Waals surface area contributed by atoms with Gasteiger partial charge in [-0.2, -0.15) is 0 Å². The van der Waals surface area contributed by atoms with E-state index in [1.165, 1.54) is 6.26 Å². The summed E-state index contributed by atoms with van der Waals surface area (Å²) in [6.07, 6.45) is 3.07. The number of halogens is 1. The third-order valence-electron chi connectivity index (χ3n) is 3.27. The Hall–Kier alpha value is -2.61. The smallest absolute Gasteiger partial charge is 0.269 e. The number of anilines is 1. The number of nitrogens with zero attached hydrogens (tertiary/aromatic N) is 3. The molecule has 0 saturated carbocycles. The van der Waals surface area contributed by atoms with Gasteiger partial charge in [0.2, 0.25) is 5.50 Å². The van der Waals surface area contributed by atoms with Gasteiger partial charge in [-0.3, -0.25) is 4.79 Å². The highest BCUT2D eigenvalue weighted by atomic mass is 32.2. The minimum Gasteiger partial charge on any atom is -0.472 e. The number of aromatic nitrogens is 3.